The Morgan fingerprint density at radius 3 is 2.55 bits per heavy atom. The van der Waals surface area contributed by atoms with Crippen LogP contribution in [-0.4, -0.2) is 22.5 Å². The van der Waals surface area contributed by atoms with E-state index in [1.807, 2.05) is 35.7 Å². The maximum atomic E-state index is 12.7. The highest BCUT2D eigenvalue weighted by Crippen LogP contribution is 2.54. The first-order chi connectivity index (χ1) is 13.8. The summed E-state index contributed by atoms with van der Waals surface area (Å²) in [4.78, 5) is 23.5. The van der Waals surface area contributed by atoms with Gasteiger partial charge in [0.25, 0.3) is 5.91 Å². The van der Waals surface area contributed by atoms with Crippen LogP contribution in [0, 0.1) is 0 Å². The smallest absolute Gasteiger partial charge is 0.360 e. The molecule has 0 aliphatic heterocycles. The van der Waals surface area contributed by atoms with Gasteiger partial charge in [-0.3, -0.25) is 9.36 Å². The average molecular weight is 432 g/mol. The quantitative estimate of drug-likeness (QED) is 0.224. The molecule has 7 nitrogen and oxygen atoms in total. The van der Waals surface area contributed by atoms with Crippen LogP contribution in [0.25, 0.3) is 10.4 Å². The van der Waals surface area contributed by atoms with Gasteiger partial charge in [-0.2, -0.15) is 0 Å². The zero-order valence-electron chi connectivity index (χ0n) is 15.6. The van der Waals surface area contributed by atoms with E-state index in [0.717, 1.165) is 15.4 Å². The molecule has 2 aromatic carbocycles. The molecule has 0 aliphatic rings. The fourth-order valence-electron chi connectivity index (χ4n) is 2.75. The Morgan fingerprint density at radius 2 is 1.93 bits per heavy atom. The number of hydrazine groups is 1. The van der Waals surface area contributed by atoms with Crippen molar-refractivity contribution in [3.8, 4) is 10.4 Å². The molecule has 0 radical (unpaired) electrons. The highest BCUT2D eigenvalue weighted by molar-refractivity contribution is 7.53. The van der Waals surface area contributed by atoms with Crippen molar-refractivity contribution in [2.24, 2.45) is 5.84 Å². The fraction of sp³-hybridized carbons (Fsp3) is 0.150. The number of amides is 1. The highest BCUT2D eigenvalue weighted by Gasteiger charge is 2.31. The van der Waals surface area contributed by atoms with Crippen LogP contribution in [0.2, 0.25) is 0 Å². The number of carbonyl (C=O) groups excluding carboxylic acids is 1. The van der Waals surface area contributed by atoms with Crippen molar-refractivity contribution < 1.29 is 23.9 Å². The molecule has 29 heavy (non-hydrogen) atoms. The number of nitrogens with two attached hydrogens (primary N) is 1. The third-order valence-corrected chi connectivity index (χ3v) is 6.69. The van der Waals surface area contributed by atoms with Gasteiger partial charge in [-0.1, -0.05) is 30.3 Å². The van der Waals surface area contributed by atoms with Crippen LogP contribution in [0.5, 0.6) is 0 Å². The standard InChI is InChI=1S/C20H21N2O5PS/c1-2-27-28(25,26)20(24)15-10-8-14(9-11-15)19(23)22(21)17-6-3-5-16(13-17)18-7-4-12-29-18/h3-13,20,24H,2,21H2,1H3,(H,25,26). The van der Waals surface area contributed by atoms with E-state index in [9.17, 15) is 19.4 Å². The van der Waals surface area contributed by atoms with Crippen molar-refractivity contribution in [3.63, 3.8) is 0 Å². The van der Waals surface area contributed by atoms with Gasteiger partial charge in [0.1, 0.15) is 0 Å². The first-order valence-corrected chi connectivity index (χ1v) is 11.3. The maximum Gasteiger partial charge on any atom is 0.360 e. The molecule has 0 saturated carbocycles. The zero-order chi connectivity index (χ0) is 21.0. The number of thiophene rings is 1. The number of nitrogens with zero attached hydrogens (tertiary/aromatic N) is 1. The molecule has 3 rings (SSSR count). The van der Waals surface area contributed by atoms with E-state index in [1.54, 1.807) is 24.3 Å². The second-order valence-electron chi connectivity index (χ2n) is 6.18. The molecule has 1 amide bonds. The molecule has 0 saturated heterocycles. The van der Waals surface area contributed by atoms with Crippen LogP contribution in [-0.2, 0) is 9.09 Å². The zero-order valence-corrected chi connectivity index (χ0v) is 17.3. The first-order valence-electron chi connectivity index (χ1n) is 8.81. The molecule has 4 N–H and O–H groups in total. The Labute approximate surface area is 172 Å². The third kappa shape index (κ3) is 4.82. The molecule has 0 bridgehead atoms. The number of carbonyl (C=O) groups is 1. The predicted octanol–water partition coefficient (Wildman–Crippen LogP) is 4.15. The van der Waals surface area contributed by atoms with Crippen LogP contribution >= 0.6 is 18.9 Å². The lowest BCUT2D eigenvalue weighted by atomic mass is 10.1. The van der Waals surface area contributed by atoms with Crippen LogP contribution in [0.4, 0.5) is 5.69 Å². The number of anilines is 1. The molecule has 152 valence electrons. The van der Waals surface area contributed by atoms with E-state index in [0.29, 0.717) is 5.69 Å². The molecule has 1 heterocycles. The van der Waals surface area contributed by atoms with Crippen molar-refractivity contribution in [1.82, 2.24) is 0 Å². The van der Waals surface area contributed by atoms with E-state index >= 15 is 0 Å². The Balaban J connectivity index is 1.78. The Hall–Kier alpha value is -2.32. The highest BCUT2D eigenvalue weighted by atomic mass is 32.1. The van der Waals surface area contributed by atoms with E-state index < -0.39 is 19.3 Å². The summed E-state index contributed by atoms with van der Waals surface area (Å²) in [6.07, 6.45) is 0. The summed E-state index contributed by atoms with van der Waals surface area (Å²) < 4.78 is 16.7. The van der Waals surface area contributed by atoms with Crippen molar-refractivity contribution in [2.75, 3.05) is 11.6 Å². The Bertz CT molecular complexity index is 1020. The third-order valence-electron chi connectivity index (χ3n) is 4.23. The lowest BCUT2D eigenvalue weighted by Gasteiger charge is -2.19. The molecule has 3 aromatic rings. The molecule has 0 spiro atoms. The predicted molar refractivity (Wildman–Crippen MR) is 114 cm³/mol. The largest absolute Gasteiger partial charge is 0.376 e. The summed E-state index contributed by atoms with van der Waals surface area (Å²) in [5, 5.41) is 13.1. The lowest BCUT2D eigenvalue weighted by molar-refractivity contribution is 0.0987. The van der Waals surface area contributed by atoms with Gasteiger partial charge in [-0.25, -0.2) is 10.9 Å². The van der Waals surface area contributed by atoms with Crippen LogP contribution in [0.15, 0.2) is 66.0 Å². The summed E-state index contributed by atoms with van der Waals surface area (Å²) in [6.45, 7) is 1.55. The van der Waals surface area contributed by atoms with Crippen molar-refractivity contribution in [1.29, 1.82) is 0 Å². The maximum absolute atomic E-state index is 12.7. The molecular formula is C20H21N2O5PS. The van der Waals surface area contributed by atoms with E-state index in [-0.39, 0.29) is 17.7 Å². The van der Waals surface area contributed by atoms with Crippen LogP contribution < -0.4 is 10.9 Å². The summed E-state index contributed by atoms with van der Waals surface area (Å²) in [7, 11) is -4.20. The average Bonchev–Trinajstić information content (AvgIpc) is 3.27. The minimum absolute atomic E-state index is 0.00588. The lowest BCUT2D eigenvalue weighted by Crippen LogP contribution is -2.37. The summed E-state index contributed by atoms with van der Waals surface area (Å²) in [5.74, 6) is 3.89. The molecule has 0 fully saturated rings. The van der Waals surface area contributed by atoms with Gasteiger partial charge in [-0.15, -0.1) is 11.3 Å². The second-order valence-corrected chi connectivity index (χ2v) is 9.00. The molecular weight excluding hydrogens is 411 g/mol. The normalized spacial score (nSPS) is 14.2. The number of hydrogen-bond donors (Lipinski definition) is 3. The number of benzene rings is 2. The summed E-state index contributed by atoms with van der Waals surface area (Å²) in [6, 6.07) is 16.9. The first kappa shape index (κ1) is 21.4. The second kappa shape index (κ2) is 9.00. The van der Waals surface area contributed by atoms with Gasteiger partial charge in [0.05, 0.1) is 12.3 Å². The van der Waals surface area contributed by atoms with Gasteiger partial charge >= 0.3 is 7.60 Å². The number of hydrogen-bond acceptors (Lipinski definition) is 6. The van der Waals surface area contributed by atoms with Crippen molar-refractivity contribution in [3.05, 3.63) is 77.2 Å². The van der Waals surface area contributed by atoms with Crippen molar-refractivity contribution in [2.45, 2.75) is 12.8 Å². The molecule has 0 aliphatic carbocycles. The van der Waals surface area contributed by atoms with Gasteiger partial charge in [0.15, 0.2) is 5.85 Å². The van der Waals surface area contributed by atoms with Crippen molar-refractivity contribution >= 4 is 30.5 Å². The SMILES string of the molecule is CCOP(=O)(O)C(O)c1ccc(C(=O)N(N)c2cccc(-c3cccs3)c2)cc1. The Morgan fingerprint density at radius 1 is 1.21 bits per heavy atom. The van der Waals surface area contributed by atoms with Gasteiger partial charge in [0.2, 0.25) is 0 Å². The molecule has 2 unspecified atom stereocenters. The van der Waals surface area contributed by atoms with Gasteiger partial charge in [-0.05, 0) is 53.8 Å². The molecule has 2 atom stereocenters. The monoisotopic (exact) mass is 432 g/mol. The van der Waals surface area contributed by atoms with Crippen LogP contribution in [0.3, 0.4) is 0 Å². The number of aliphatic hydroxyl groups is 1. The Kier molecular flexibility index (Phi) is 6.64. The van der Waals surface area contributed by atoms with Gasteiger partial charge in [0, 0.05) is 10.4 Å². The summed E-state index contributed by atoms with van der Waals surface area (Å²) >= 11 is 1.59. The fourth-order valence-corrected chi connectivity index (χ4v) is 4.53. The van der Waals surface area contributed by atoms with Gasteiger partial charge < -0.3 is 14.5 Å². The molecule has 9 heteroatoms. The van der Waals surface area contributed by atoms with E-state index in [1.165, 1.54) is 24.3 Å². The minimum atomic E-state index is -4.20. The minimum Gasteiger partial charge on any atom is -0.376 e. The van der Waals surface area contributed by atoms with E-state index in [2.05, 4.69) is 0 Å². The number of rotatable bonds is 7. The van der Waals surface area contributed by atoms with E-state index in [4.69, 9.17) is 10.4 Å². The number of aliphatic hydroxyl groups excluding tert-OH is 1. The molecule has 1 aromatic heterocycles. The summed E-state index contributed by atoms with van der Waals surface area (Å²) in [5.41, 5.74) is 1.92. The van der Waals surface area contributed by atoms with Crippen LogP contribution in [0.1, 0.15) is 28.7 Å². The topological polar surface area (TPSA) is 113 Å².